The van der Waals surface area contributed by atoms with Gasteiger partial charge in [-0.2, -0.15) is 0 Å². The van der Waals surface area contributed by atoms with Gasteiger partial charge in [0.1, 0.15) is 6.61 Å². The molecule has 0 amide bonds. The molecule has 0 saturated carbocycles. The second-order valence-electron chi connectivity index (χ2n) is 3.71. The monoisotopic (exact) mass is 297 g/mol. The molecule has 1 N–H and O–H groups in total. The summed E-state index contributed by atoms with van der Waals surface area (Å²) in [4.78, 5) is 21.1. The first-order valence-corrected chi connectivity index (χ1v) is 5.74. The van der Waals surface area contributed by atoms with Crippen molar-refractivity contribution >= 4 is 23.3 Å². The van der Waals surface area contributed by atoms with E-state index in [9.17, 15) is 14.9 Å². The topological polar surface area (TPSA) is 103 Å². The van der Waals surface area contributed by atoms with Crippen LogP contribution in [0.4, 0.5) is 5.69 Å². The predicted octanol–water partition coefficient (Wildman–Crippen LogP) is 3.12. The molecule has 0 saturated heterocycles. The molecule has 0 bridgehead atoms. The first kappa shape index (κ1) is 13.9. The number of para-hydroxylation sites is 1. The molecule has 20 heavy (non-hydrogen) atoms. The van der Waals surface area contributed by atoms with Gasteiger partial charge in [-0.25, -0.2) is 4.79 Å². The standard InChI is InChI=1S/C12H8ClNO6/c13-8-2-1-3-9(14(17)18)11(8)20-6-7-4-5-19-10(7)12(15)16/h1-5H,6H2,(H,15,16). The molecule has 7 nitrogen and oxygen atoms in total. The van der Waals surface area contributed by atoms with Gasteiger partial charge in [-0.15, -0.1) is 0 Å². The van der Waals surface area contributed by atoms with Crippen molar-refractivity contribution in [2.75, 3.05) is 0 Å². The number of hydrogen-bond donors (Lipinski definition) is 1. The number of furan rings is 1. The number of aromatic carboxylic acids is 1. The summed E-state index contributed by atoms with van der Waals surface area (Å²) >= 11 is 5.85. The van der Waals surface area contributed by atoms with E-state index in [1.165, 1.54) is 30.5 Å². The molecule has 104 valence electrons. The molecule has 0 atom stereocenters. The number of benzene rings is 1. The fourth-order valence-corrected chi connectivity index (χ4v) is 1.80. The van der Waals surface area contributed by atoms with E-state index in [4.69, 9.17) is 25.9 Å². The lowest BCUT2D eigenvalue weighted by Crippen LogP contribution is -2.04. The van der Waals surface area contributed by atoms with Gasteiger partial charge in [-0.1, -0.05) is 17.7 Å². The Hall–Kier alpha value is -2.54. The minimum absolute atomic E-state index is 0.0690. The van der Waals surface area contributed by atoms with Crippen molar-refractivity contribution in [3.8, 4) is 5.75 Å². The van der Waals surface area contributed by atoms with Crippen LogP contribution < -0.4 is 4.74 Å². The largest absolute Gasteiger partial charge is 0.481 e. The van der Waals surface area contributed by atoms with Crippen molar-refractivity contribution in [2.45, 2.75) is 6.61 Å². The Bertz CT molecular complexity index is 666. The van der Waals surface area contributed by atoms with Gasteiger partial charge in [-0.05, 0) is 12.1 Å². The lowest BCUT2D eigenvalue weighted by molar-refractivity contribution is -0.385. The highest BCUT2D eigenvalue weighted by Crippen LogP contribution is 2.35. The van der Waals surface area contributed by atoms with Crippen molar-refractivity contribution in [3.05, 3.63) is 57.0 Å². The highest BCUT2D eigenvalue weighted by molar-refractivity contribution is 6.32. The van der Waals surface area contributed by atoms with Crippen molar-refractivity contribution in [2.24, 2.45) is 0 Å². The summed E-state index contributed by atoms with van der Waals surface area (Å²) in [5, 5.41) is 19.8. The van der Waals surface area contributed by atoms with Gasteiger partial charge >= 0.3 is 11.7 Å². The van der Waals surface area contributed by atoms with E-state index in [-0.39, 0.29) is 34.4 Å². The number of hydrogen-bond acceptors (Lipinski definition) is 5. The molecule has 0 radical (unpaired) electrons. The van der Waals surface area contributed by atoms with Crippen LogP contribution in [0, 0.1) is 10.1 Å². The number of carboxylic acid groups (broad SMARTS) is 1. The maximum absolute atomic E-state index is 10.9. The van der Waals surface area contributed by atoms with Crippen molar-refractivity contribution in [1.29, 1.82) is 0 Å². The van der Waals surface area contributed by atoms with Crippen LogP contribution in [0.25, 0.3) is 0 Å². The second kappa shape index (κ2) is 5.62. The third kappa shape index (κ3) is 2.72. The van der Waals surface area contributed by atoms with Gasteiger partial charge in [0.05, 0.1) is 16.2 Å². The van der Waals surface area contributed by atoms with Crippen LogP contribution in [0.5, 0.6) is 5.75 Å². The van der Waals surface area contributed by atoms with Crippen molar-refractivity contribution in [1.82, 2.24) is 0 Å². The third-order valence-corrected chi connectivity index (χ3v) is 2.75. The summed E-state index contributed by atoms with van der Waals surface area (Å²) in [5.41, 5.74) is -0.0374. The molecular weight excluding hydrogens is 290 g/mol. The molecule has 0 spiro atoms. The van der Waals surface area contributed by atoms with Crippen molar-refractivity contribution in [3.63, 3.8) is 0 Å². The highest BCUT2D eigenvalue weighted by atomic mass is 35.5. The fraction of sp³-hybridized carbons (Fsp3) is 0.0833. The number of nitrogens with zero attached hydrogens (tertiary/aromatic N) is 1. The summed E-state index contributed by atoms with van der Waals surface area (Å²) in [6, 6.07) is 5.52. The third-order valence-electron chi connectivity index (χ3n) is 2.46. The Morgan fingerprint density at radius 2 is 2.20 bits per heavy atom. The summed E-state index contributed by atoms with van der Waals surface area (Å²) in [5.74, 6) is -1.64. The molecule has 0 aliphatic carbocycles. The maximum Gasteiger partial charge on any atom is 0.372 e. The minimum Gasteiger partial charge on any atom is -0.481 e. The van der Waals surface area contributed by atoms with Gasteiger partial charge in [0.15, 0.2) is 0 Å². The van der Waals surface area contributed by atoms with E-state index in [1.807, 2.05) is 0 Å². The van der Waals surface area contributed by atoms with Gasteiger partial charge in [0.25, 0.3) is 0 Å². The average Bonchev–Trinajstić information content (AvgIpc) is 2.85. The fourth-order valence-electron chi connectivity index (χ4n) is 1.57. The van der Waals surface area contributed by atoms with Crippen LogP contribution in [0.1, 0.15) is 16.1 Å². The van der Waals surface area contributed by atoms with Crippen LogP contribution in [0.3, 0.4) is 0 Å². The van der Waals surface area contributed by atoms with Crippen LogP contribution in [-0.2, 0) is 6.61 Å². The first-order chi connectivity index (χ1) is 9.50. The average molecular weight is 298 g/mol. The number of nitro groups is 1. The molecular formula is C12H8ClNO6. The predicted molar refractivity (Wildman–Crippen MR) is 68.1 cm³/mol. The van der Waals surface area contributed by atoms with Crippen LogP contribution in [0.15, 0.2) is 34.9 Å². The number of nitro benzene ring substituents is 1. The van der Waals surface area contributed by atoms with E-state index in [2.05, 4.69) is 0 Å². The van der Waals surface area contributed by atoms with Gasteiger partial charge in [-0.3, -0.25) is 10.1 Å². The number of carbonyl (C=O) groups is 1. The van der Waals surface area contributed by atoms with E-state index < -0.39 is 10.9 Å². The quantitative estimate of drug-likeness (QED) is 0.672. The number of halogens is 1. The van der Waals surface area contributed by atoms with Gasteiger partial charge in [0.2, 0.25) is 11.5 Å². The number of rotatable bonds is 5. The maximum atomic E-state index is 10.9. The molecule has 2 rings (SSSR count). The molecule has 1 aromatic carbocycles. The Balaban J connectivity index is 2.25. The van der Waals surface area contributed by atoms with E-state index >= 15 is 0 Å². The lowest BCUT2D eigenvalue weighted by Gasteiger charge is -2.07. The van der Waals surface area contributed by atoms with Gasteiger partial charge in [0, 0.05) is 11.6 Å². The zero-order valence-electron chi connectivity index (χ0n) is 9.91. The summed E-state index contributed by atoms with van der Waals surface area (Å²) in [6.45, 7) is -0.206. The molecule has 1 heterocycles. The normalized spacial score (nSPS) is 10.2. The number of ether oxygens (including phenoxy) is 1. The summed E-state index contributed by atoms with van der Waals surface area (Å²) in [6.07, 6.45) is 1.20. The Labute approximate surface area is 117 Å². The Morgan fingerprint density at radius 3 is 2.85 bits per heavy atom. The minimum atomic E-state index is -1.25. The molecule has 0 unspecified atom stereocenters. The molecule has 0 aliphatic heterocycles. The molecule has 1 aromatic heterocycles. The van der Waals surface area contributed by atoms with Crippen LogP contribution >= 0.6 is 11.6 Å². The van der Waals surface area contributed by atoms with Gasteiger partial charge < -0.3 is 14.3 Å². The zero-order valence-corrected chi connectivity index (χ0v) is 10.7. The zero-order chi connectivity index (χ0) is 14.7. The summed E-state index contributed by atoms with van der Waals surface area (Å²) < 4.78 is 10.0. The second-order valence-corrected chi connectivity index (χ2v) is 4.12. The lowest BCUT2D eigenvalue weighted by atomic mass is 10.2. The smallest absolute Gasteiger partial charge is 0.372 e. The molecule has 0 fully saturated rings. The van der Waals surface area contributed by atoms with Crippen LogP contribution in [-0.4, -0.2) is 16.0 Å². The van der Waals surface area contributed by atoms with E-state index in [0.29, 0.717) is 0 Å². The highest BCUT2D eigenvalue weighted by Gasteiger charge is 2.20. The first-order valence-electron chi connectivity index (χ1n) is 5.36. The SMILES string of the molecule is O=C(O)c1occc1COc1c(Cl)cccc1[N+](=O)[O-]. The Morgan fingerprint density at radius 1 is 1.45 bits per heavy atom. The van der Waals surface area contributed by atoms with Crippen molar-refractivity contribution < 1.29 is 24.0 Å². The summed E-state index contributed by atoms with van der Waals surface area (Å²) in [7, 11) is 0. The number of carboxylic acids is 1. The van der Waals surface area contributed by atoms with E-state index in [1.54, 1.807) is 0 Å². The van der Waals surface area contributed by atoms with Crippen LogP contribution in [0.2, 0.25) is 5.02 Å². The molecule has 8 heteroatoms. The molecule has 0 aliphatic rings. The van der Waals surface area contributed by atoms with E-state index in [0.717, 1.165) is 0 Å². The molecule has 2 aromatic rings. The Kier molecular flexibility index (Phi) is 3.90.